The third kappa shape index (κ3) is 2.67. The first kappa shape index (κ1) is 13.8. The van der Waals surface area contributed by atoms with Crippen LogP contribution in [0.1, 0.15) is 17.3 Å². The molecule has 0 spiro atoms. The van der Waals surface area contributed by atoms with Gasteiger partial charge in [-0.1, -0.05) is 0 Å². The maximum atomic E-state index is 14.2. The summed E-state index contributed by atoms with van der Waals surface area (Å²) >= 11 is 0. The van der Waals surface area contributed by atoms with Gasteiger partial charge in [0.2, 0.25) is 0 Å². The summed E-state index contributed by atoms with van der Waals surface area (Å²) in [5.74, 6) is -0.581. The second-order valence-corrected chi connectivity index (χ2v) is 5.17. The van der Waals surface area contributed by atoms with Gasteiger partial charge in [0.25, 0.3) is 5.91 Å². The Balaban J connectivity index is 1.86. The minimum Gasteiger partial charge on any atom is -0.333 e. The molecule has 0 bridgehead atoms. The second-order valence-electron chi connectivity index (χ2n) is 5.17. The molecule has 5 nitrogen and oxygen atoms in total. The van der Waals surface area contributed by atoms with E-state index in [2.05, 4.69) is 10.4 Å². The number of piperazine rings is 1. The van der Waals surface area contributed by atoms with E-state index in [1.54, 1.807) is 35.5 Å². The standard InChI is InChI=1S/C15H17FN4O/c1-11-10-17-6-8-19(11)15(21)12-3-4-14(13(16)9-12)20-7-2-5-18-20/h2-5,7,9,11,17H,6,8,10H2,1H3/t11-/m0/s1. The molecule has 21 heavy (non-hydrogen) atoms. The minimum absolute atomic E-state index is 0.111. The highest BCUT2D eigenvalue weighted by molar-refractivity contribution is 5.94. The maximum Gasteiger partial charge on any atom is 0.254 e. The molecular weight excluding hydrogens is 271 g/mol. The van der Waals surface area contributed by atoms with E-state index in [9.17, 15) is 9.18 Å². The largest absolute Gasteiger partial charge is 0.333 e. The quantitative estimate of drug-likeness (QED) is 0.910. The summed E-state index contributed by atoms with van der Waals surface area (Å²) < 4.78 is 15.6. The van der Waals surface area contributed by atoms with E-state index in [-0.39, 0.29) is 11.9 Å². The van der Waals surface area contributed by atoms with Crippen LogP contribution in [0.5, 0.6) is 0 Å². The van der Waals surface area contributed by atoms with Crippen molar-refractivity contribution < 1.29 is 9.18 Å². The normalized spacial score (nSPS) is 18.8. The predicted octanol–water partition coefficient (Wildman–Crippen LogP) is 1.45. The monoisotopic (exact) mass is 288 g/mol. The molecule has 2 heterocycles. The number of halogens is 1. The molecule has 0 saturated carbocycles. The Kier molecular flexibility index (Phi) is 3.70. The van der Waals surface area contributed by atoms with Crippen LogP contribution in [0, 0.1) is 5.82 Å². The van der Waals surface area contributed by atoms with Gasteiger partial charge < -0.3 is 10.2 Å². The predicted molar refractivity (Wildman–Crippen MR) is 76.9 cm³/mol. The summed E-state index contributed by atoms with van der Waals surface area (Å²) in [5.41, 5.74) is 0.710. The van der Waals surface area contributed by atoms with Crippen molar-refractivity contribution in [2.45, 2.75) is 13.0 Å². The molecule has 1 N–H and O–H groups in total. The number of rotatable bonds is 2. The van der Waals surface area contributed by atoms with Crippen molar-refractivity contribution in [2.75, 3.05) is 19.6 Å². The number of nitrogens with zero attached hydrogens (tertiary/aromatic N) is 3. The summed E-state index contributed by atoms with van der Waals surface area (Å²) in [7, 11) is 0. The first-order chi connectivity index (χ1) is 10.2. The van der Waals surface area contributed by atoms with E-state index in [1.165, 1.54) is 10.7 Å². The van der Waals surface area contributed by atoms with Gasteiger partial charge in [-0.05, 0) is 31.2 Å². The first-order valence-corrected chi connectivity index (χ1v) is 6.98. The summed E-state index contributed by atoms with van der Waals surface area (Å²) in [6.45, 7) is 4.16. The molecule has 3 rings (SSSR count). The van der Waals surface area contributed by atoms with Crippen LogP contribution in [0.4, 0.5) is 4.39 Å². The van der Waals surface area contributed by atoms with Crippen molar-refractivity contribution in [3.8, 4) is 5.69 Å². The molecule has 6 heteroatoms. The lowest BCUT2D eigenvalue weighted by Crippen LogP contribution is -2.52. The molecule has 1 fully saturated rings. The van der Waals surface area contributed by atoms with Crippen molar-refractivity contribution in [3.63, 3.8) is 0 Å². The van der Waals surface area contributed by atoms with Gasteiger partial charge in [-0.25, -0.2) is 9.07 Å². The Morgan fingerprint density at radius 2 is 2.33 bits per heavy atom. The smallest absolute Gasteiger partial charge is 0.254 e. The van der Waals surface area contributed by atoms with Crippen LogP contribution in [0.25, 0.3) is 5.69 Å². The fourth-order valence-corrected chi connectivity index (χ4v) is 2.55. The Hall–Kier alpha value is -2.21. The average molecular weight is 288 g/mol. The first-order valence-electron chi connectivity index (χ1n) is 6.98. The number of aromatic nitrogens is 2. The lowest BCUT2D eigenvalue weighted by molar-refractivity contribution is 0.0655. The number of amides is 1. The Labute approximate surface area is 122 Å². The number of benzene rings is 1. The van der Waals surface area contributed by atoms with E-state index in [4.69, 9.17) is 0 Å². The average Bonchev–Trinajstić information content (AvgIpc) is 3.01. The number of hydrogen-bond acceptors (Lipinski definition) is 3. The van der Waals surface area contributed by atoms with Crippen molar-refractivity contribution in [1.82, 2.24) is 20.0 Å². The van der Waals surface area contributed by atoms with Crippen molar-refractivity contribution in [3.05, 3.63) is 48.0 Å². The highest BCUT2D eigenvalue weighted by Gasteiger charge is 2.24. The van der Waals surface area contributed by atoms with Gasteiger partial charge in [0.1, 0.15) is 11.5 Å². The summed E-state index contributed by atoms with van der Waals surface area (Å²) in [6, 6.07) is 6.36. The zero-order valence-electron chi connectivity index (χ0n) is 11.8. The van der Waals surface area contributed by atoms with E-state index < -0.39 is 5.82 Å². The lowest BCUT2D eigenvalue weighted by Gasteiger charge is -2.34. The summed E-state index contributed by atoms with van der Waals surface area (Å²) in [4.78, 5) is 14.2. The molecule has 2 aromatic rings. The number of carbonyl (C=O) groups excluding carboxylic acids is 1. The zero-order chi connectivity index (χ0) is 14.8. The summed E-state index contributed by atoms with van der Waals surface area (Å²) in [5, 5.41) is 7.23. The van der Waals surface area contributed by atoms with Crippen LogP contribution in [0.15, 0.2) is 36.7 Å². The van der Waals surface area contributed by atoms with E-state index in [1.807, 2.05) is 6.92 Å². The van der Waals surface area contributed by atoms with Crippen LogP contribution >= 0.6 is 0 Å². The fourth-order valence-electron chi connectivity index (χ4n) is 2.55. The SMILES string of the molecule is C[C@H]1CNCCN1C(=O)c1ccc(-n2cccn2)c(F)c1. The molecule has 0 aliphatic carbocycles. The molecule has 1 atom stereocenters. The zero-order valence-corrected chi connectivity index (χ0v) is 11.8. The van der Waals surface area contributed by atoms with Crippen LogP contribution in [0.2, 0.25) is 0 Å². The van der Waals surface area contributed by atoms with Gasteiger partial charge in [-0.15, -0.1) is 0 Å². The molecule has 1 amide bonds. The van der Waals surface area contributed by atoms with Gasteiger partial charge >= 0.3 is 0 Å². The number of nitrogens with one attached hydrogen (secondary N) is 1. The molecular formula is C15H17FN4O. The van der Waals surface area contributed by atoms with E-state index in [0.29, 0.717) is 17.8 Å². The van der Waals surface area contributed by atoms with Crippen molar-refractivity contribution in [1.29, 1.82) is 0 Å². The van der Waals surface area contributed by atoms with E-state index >= 15 is 0 Å². The Morgan fingerprint density at radius 1 is 1.48 bits per heavy atom. The van der Waals surface area contributed by atoms with Gasteiger partial charge in [-0.2, -0.15) is 5.10 Å². The molecule has 0 radical (unpaired) electrons. The molecule has 1 aromatic heterocycles. The van der Waals surface area contributed by atoms with Gasteiger partial charge in [0, 0.05) is 43.6 Å². The lowest BCUT2D eigenvalue weighted by atomic mass is 10.1. The Bertz CT molecular complexity index is 641. The third-order valence-electron chi connectivity index (χ3n) is 3.71. The summed E-state index contributed by atoms with van der Waals surface area (Å²) in [6.07, 6.45) is 3.25. The molecule has 1 aliphatic rings. The molecule has 1 aromatic carbocycles. The topological polar surface area (TPSA) is 50.2 Å². The second kappa shape index (κ2) is 5.65. The Morgan fingerprint density at radius 3 is 3.00 bits per heavy atom. The van der Waals surface area contributed by atoms with Gasteiger partial charge in [-0.3, -0.25) is 4.79 Å². The van der Waals surface area contributed by atoms with Crippen molar-refractivity contribution >= 4 is 5.91 Å². The van der Waals surface area contributed by atoms with Crippen LogP contribution in [-0.4, -0.2) is 46.3 Å². The maximum absolute atomic E-state index is 14.2. The molecule has 1 saturated heterocycles. The number of hydrogen-bond donors (Lipinski definition) is 1. The molecule has 0 unspecified atom stereocenters. The molecule has 110 valence electrons. The fraction of sp³-hybridized carbons (Fsp3) is 0.333. The highest BCUT2D eigenvalue weighted by Crippen LogP contribution is 2.17. The van der Waals surface area contributed by atoms with Gasteiger partial charge in [0.15, 0.2) is 0 Å². The number of carbonyl (C=O) groups is 1. The molecule has 1 aliphatic heterocycles. The highest BCUT2D eigenvalue weighted by atomic mass is 19.1. The van der Waals surface area contributed by atoms with E-state index in [0.717, 1.165) is 13.1 Å². The minimum atomic E-state index is -0.452. The van der Waals surface area contributed by atoms with Crippen LogP contribution < -0.4 is 5.32 Å². The van der Waals surface area contributed by atoms with Crippen molar-refractivity contribution in [2.24, 2.45) is 0 Å². The third-order valence-corrected chi connectivity index (χ3v) is 3.71. The van der Waals surface area contributed by atoms with Gasteiger partial charge in [0.05, 0.1) is 0 Å². The van der Waals surface area contributed by atoms with Crippen LogP contribution in [-0.2, 0) is 0 Å². The van der Waals surface area contributed by atoms with Crippen LogP contribution in [0.3, 0.4) is 0 Å².